The van der Waals surface area contributed by atoms with Crippen molar-refractivity contribution in [3.05, 3.63) is 46.7 Å². The van der Waals surface area contributed by atoms with E-state index in [9.17, 15) is 19.6 Å². The monoisotopic (exact) mass is 325 g/mol. The van der Waals surface area contributed by atoms with Gasteiger partial charge in [0, 0.05) is 18.2 Å². The summed E-state index contributed by atoms with van der Waals surface area (Å²) < 4.78 is 5.34. The zero-order valence-corrected chi connectivity index (χ0v) is 13.4. The van der Waals surface area contributed by atoms with E-state index < -0.39 is 5.91 Å². The Hall–Kier alpha value is -3.40. The van der Waals surface area contributed by atoms with Crippen molar-refractivity contribution in [1.29, 1.82) is 5.26 Å². The van der Waals surface area contributed by atoms with Gasteiger partial charge in [-0.05, 0) is 32.0 Å². The van der Waals surface area contributed by atoms with E-state index in [2.05, 4.69) is 10.6 Å². The molecule has 0 aliphatic heterocycles. The number of anilines is 2. The summed E-state index contributed by atoms with van der Waals surface area (Å²) in [7, 11) is 0. The molecule has 7 heteroatoms. The van der Waals surface area contributed by atoms with Crippen LogP contribution >= 0.6 is 0 Å². The SMILES string of the molecule is CC(=O)Nc1cccc(C(=O)Nc2oc(C)c(C(C)=O)c2C#N)c1. The fourth-order valence-corrected chi connectivity index (χ4v) is 2.28. The highest BCUT2D eigenvalue weighted by Crippen LogP contribution is 2.27. The standard InChI is InChI=1S/C17H15N3O4/c1-9(21)15-10(2)24-17(14(15)8-18)20-16(23)12-5-4-6-13(7-12)19-11(3)22/h4-7H,1-3H3,(H,19,22)(H,20,23). The molecule has 0 spiro atoms. The van der Waals surface area contributed by atoms with Gasteiger partial charge >= 0.3 is 0 Å². The molecule has 24 heavy (non-hydrogen) atoms. The van der Waals surface area contributed by atoms with Gasteiger partial charge in [0.2, 0.25) is 11.8 Å². The van der Waals surface area contributed by atoms with E-state index in [1.54, 1.807) is 25.1 Å². The van der Waals surface area contributed by atoms with Gasteiger partial charge in [-0.3, -0.25) is 19.7 Å². The maximum Gasteiger partial charge on any atom is 0.258 e. The quantitative estimate of drug-likeness (QED) is 0.839. The summed E-state index contributed by atoms with van der Waals surface area (Å²) in [5.41, 5.74) is 0.880. The number of amides is 2. The Morgan fingerprint density at radius 1 is 1.17 bits per heavy atom. The second-order valence-corrected chi connectivity index (χ2v) is 5.12. The minimum absolute atomic E-state index is 0.00799. The molecule has 0 atom stereocenters. The third kappa shape index (κ3) is 3.50. The first-order chi connectivity index (χ1) is 11.3. The highest BCUT2D eigenvalue weighted by atomic mass is 16.4. The lowest BCUT2D eigenvalue weighted by molar-refractivity contribution is -0.114. The molecule has 0 aliphatic carbocycles. The van der Waals surface area contributed by atoms with Crippen molar-refractivity contribution in [2.24, 2.45) is 0 Å². The van der Waals surface area contributed by atoms with E-state index in [-0.39, 0.29) is 40.0 Å². The number of ketones is 1. The summed E-state index contributed by atoms with van der Waals surface area (Å²) in [6.07, 6.45) is 0. The van der Waals surface area contributed by atoms with E-state index in [0.717, 1.165) is 0 Å². The second kappa shape index (κ2) is 6.79. The molecule has 2 aromatic rings. The second-order valence-electron chi connectivity index (χ2n) is 5.12. The van der Waals surface area contributed by atoms with Crippen LogP contribution in [0.25, 0.3) is 0 Å². The number of hydrogen-bond donors (Lipinski definition) is 2. The van der Waals surface area contributed by atoms with Crippen LogP contribution in [0.4, 0.5) is 11.6 Å². The molecule has 0 radical (unpaired) electrons. The summed E-state index contributed by atoms with van der Waals surface area (Å²) in [6.45, 7) is 4.23. The van der Waals surface area contributed by atoms with Gasteiger partial charge in [0.25, 0.3) is 5.91 Å². The van der Waals surface area contributed by atoms with E-state index in [0.29, 0.717) is 5.69 Å². The molecular weight excluding hydrogens is 310 g/mol. The number of hydrogen-bond acceptors (Lipinski definition) is 5. The number of nitrogens with zero attached hydrogens (tertiary/aromatic N) is 1. The molecule has 122 valence electrons. The van der Waals surface area contributed by atoms with Crippen LogP contribution in [0.5, 0.6) is 0 Å². The van der Waals surface area contributed by atoms with Gasteiger partial charge in [-0.15, -0.1) is 0 Å². The minimum atomic E-state index is -0.525. The van der Waals surface area contributed by atoms with Gasteiger partial charge in [-0.2, -0.15) is 5.26 Å². The third-order valence-corrected chi connectivity index (χ3v) is 3.22. The highest BCUT2D eigenvalue weighted by molar-refractivity contribution is 6.07. The molecule has 2 amide bonds. The number of nitriles is 1. The topological polar surface area (TPSA) is 112 Å². The number of nitrogens with one attached hydrogen (secondary N) is 2. The number of benzene rings is 1. The van der Waals surface area contributed by atoms with Crippen LogP contribution in [0.15, 0.2) is 28.7 Å². The first kappa shape index (κ1) is 17.0. The minimum Gasteiger partial charge on any atom is -0.443 e. The fraction of sp³-hybridized carbons (Fsp3) is 0.176. The van der Waals surface area contributed by atoms with E-state index >= 15 is 0 Å². The van der Waals surface area contributed by atoms with Crippen LogP contribution in [0, 0.1) is 18.3 Å². The molecular formula is C17H15N3O4. The molecule has 0 aliphatic rings. The summed E-state index contributed by atoms with van der Waals surface area (Å²) >= 11 is 0. The summed E-state index contributed by atoms with van der Waals surface area (Å²) in [6, 6.07) is 8.17. The molecule has 0 saturated carbocycles. The first-order valence-corrected chi connectivity index (χ1v) is 7.07. The highest BCUT2D eigenvalue weighted by Gasteiger charge is 2.22. The number of furan rings is 1. The Bertz CT molecular complexity index is 874. The summed E-state index contributed by atoms with van der Waals surface area (Å²) in [5, 5.41) is 14.3. The molecule has 1 heterocycles. The Balaban J connectivity index is 2.31. The Morgan fingerprint density at radius 3 is 2.46 bits per heavy atom. The van der Waals surface area contributed by atoms with Crippen molar-refractivity contribution < 1.29 is 18.8 Å². The molecule has 1 aromatic heterocycles. The van der Waals surface area contributed by atoms with Crippen LogP contribution in [0.3, 0.4) is 0 Å². The average molecular weight is 325 g/mol. The van der Waals surface area contributed by atoms with Crippen LogP contribution in [-0.2, 0) is 4.79 Å². The zero-order chi connectivity index (χ0) is 17.9. The van der Waals surface area contributed by atoms with E-state index in [1.807, 2.05) is 6.07 Å². The maximum atomic E-state index is 12.3. The van der Waals surface area contributed by atoms with Gasteiger partial charge in [-0.25, -0.2) is 0 Å². The van der Waals surface area contributed by atoms with Crippen molar-refractivity contribution in [2.75, 3.05) is 10.6 Å². The molecule has 7 nitrogen and oxygen atoms in total. The predicted molar refractivity (Wildman–Crippen MR) is 86.9 cm³/mol. The first-order valence-electron chi connectivity index (χ1n) is 7.07. The summed E-state index contributed by atoms with van der Waals surface area (Å²) in [5.74, 6) is -0.910. The lowest BCUT2D eigenvalue weighted by Gasteiger charge is -2.06. The number of aryl methyl sites for hydroxylation is 1. The average Bonchev–Trinajstić information content (AvgIpc) is 2.82. The van der Waals surface area contributed by atoms with Gasteiger partial charge in [0.05, 0.1) is 5.56 Å². The Morgan fingerprint density at radius 2 is 1.88 bits per heavy atom. The van der Waals surface area contributed by atoms with Crippen molar-refractivity contribution in [3.63, 3.8) is 0 Å². The van der Waals surface area contributed by atoms with Gasteiger partial charge in [0.15, 0.2) is 5.78 Å². The molecule has 2 rings (SSSR count). The molecule has 0 fully saturated rings. The van der Waals surface area contributed by atoms with Crippen molar-refractivity contribution >= 4 is 29.2 Å². The third-order valence-electron chi connectivity index (χ3n) is 3.22. The largest absolute Gasteiger partial charge is 0.443 e. The van der Waals surface area contributed by atoms with E-state index in [1.165, 1.54) is 19.9 Å². The summed E-state index contributed by atoms with van der Waals surface area (Å²) in [4.78, 5) is 35.0. The number of Topliss-reactive ketones (excluding diaryl/α,β-unsaturated/α-hetero) is 1. The van der Waals surface area contributed by atoms with Crippen LogP contribution in [0.2, 0.25) is 0 Å². The number of carbonyl (C=O) groups is 3. The van der Waals surface area contributed by atoms with E-state index in [4.69, 9.17) is 4.42 Å². The maximum absolute atomic E-state index is 12.3. The Labute approximate surface area is 138 Å². The van der Waals surface area contributed by atoms with Gasteiger partial charge in [-0.1, -0.05) is 6.07 Å². The zero-order valence-electron chi connectivity index (χ0n) is 13.4. The molecule has 1 aromatic carbocycles. The number of carbonyl (C=O) groups excluding carboxylic acids is 3. The molecule has 0 bridgehead atoms. The lowest BCUT2D eigenvalue weighted by Crippen LogP contribution is -2.13. The van der Waals surface area contributed by atoms with Crippen molar-refractivity contribution in [1.82, 2.24) is 0 Å². The fourth-order valence-electron chi connectivity index (χ4n) is 2.28. The molecule has 0 unspecified atom stereocenters. The lowest BCUT2D eigenvalue weighted by atomic mass is 10.1. The van der Waals surface area contributed by atoms with Gasteiger partial charge < -0.3 is 9.73 Å². The Kier molecular flexibility index (Phi) is 4.80. The van der Waals surface area contributed by atoms with Crippen molar-refractivity contribution in [2.45, 2.75) is 20.8 Å². The van der Waals surface area contributed by atoms with Crippen LogP contribution < -0.4 is 10.6 Å². The van der Waals surface area contributed by atoms with Crippen LogP contribution in [0.1, 0.15) is 45.9 Å². The molecule has 2 N–H and O–H groups in total. The molecule has 0 saturated heterocycles. The predicted octanol–water partition coefficient (Wildman–Crippen LogP) is 2.87. The number of rotatable bonds is 4. The van der Waals surface area contributed by atoms with Gasteiger partial charge in [0.1, 0.15) is 17.4 Å². The normalized spacial score (nSPS) is 9.92. The smallest absolute Gasteiger partial charge is 0.258 e. The van der Waals surface area contributed by atoms with Crippen molar-refractivity contribution in [3.8, 4) is 6.07 Å². The van der Waals surface area contributed by atoms with Crippen LogP contribution in [-0.4, -0.2) is 17.6 Å².